The zero-order chi connectivity index (χ0) is 13.8. The number of nitrogens with one attached hydrogen (secondary N) is 1. The summed E-state index contributed by atoms with van der Waals surface area (Å²) in [6.45, 7) is 0. The minimum absolute atomic E-state index is 0.00921. The summed E-state index contributed by atoms with van der Waals surface area (Å²) in [4.78, 5) is 2.93. The summed E-state index contributed by atoms with van der Waals surface area (Å²) < 4.78 is 38.7. The van der Waals surface area contributed by atoms with Crippen LogP contribution < -0.4 is 0 Å². The average Bonchev–Trinajstić information content (AvgIpc) is 2.79. The molecule has 1 unspecified atom stereocenters. The van der Waals surface area contributed by atoms with Gasteiger partial charge in [0, 0.05) is 6.07 Å². The SMILES string of the molecule is O=S1(=O)CCC(n2c(=S)[nH]c3cc(Cl)c(F)cc32)C1. The van der Waals surface area contributed by atoms with Gasteiger partial charge in [0.25, 0.3) is 0 Å². The van der Waals surface area contributed by atoms with Gasteiger partial charge in [-0.2, -0.15) is 0 Å². The summed E-state index contributed by atoms with van der Waals surface area (Å²) in [6, 6.07) is 2.50. The molecule has 1 fully saturated rings. The van der Waals surface area contributed by atoms with Gasteiger partial charge in [-0.25, -0.2) is 12.8 Å². The standard InChI is InChI=1S/C11H10ClFN2O2S2/c12-7-3-9-10(4-8(7)13)15(11(18)14-9)6-1-2-19(16,17)5-6/h3-4,6H,1-2,5H2,(H,14,18). The zero-order valence-corrected chi connectivity index (χ0v) is 12.1. The summed E-state index contributed by atoms with van der Waals surface area (Å²) in [6.07, 6.45) is 0.494. The largest absolute Gasteiger partial charge is 0.331 e. The Morgan fingerprint density at radius 3 is 2.84 bits per heavy atom. The van der Waals surface area contributed by atoms with E-state index in [-0.39, 0.29) is 22.6 Å². The van der Waals surface area contributed by atoms with Crippen molar-refractivity contribution < 1.29 is 12.8 Å². The van der Waals surface area contributed by atoms with Gasteiger partial charge in [0.1, 0.15) is 5.82 Å². The molecule has 1 aliphatic heterocycles. The van der Waals surface area contributed by atoms with E-state index in [4.69, 9.17) is 23.8 Å². The number of sulfone groups is 1. The highest BCUT2D eigenvalue weighted by molar-refractivity contribution is 7.91. The van der Waals surface area contributed by atoms with Crippen LogP contribution in [-0.2, 0) is 9.84 Å². The van der Waals surface area contributed by atoms with E-state index in [2.05, 4.69) is 4.98 Å². The van der Waals surface area contributed by atoms with Crippen molar-refractivity contribution in [1.82, 2.24) is 9.55 Å². The number of hydrogen-bond acceptors (Lipinski definition) is 3. The Hall–Kier alpha value is -0.920. The van der Waals surface area contributed by atoms with Crippen molar-refractivity contribution >= 4 is 44.7 Å². The van der Waals surface area contributed by atoms with Gasteiger partial charge in [0.2, 0.25) is 0 Å². The number of aromatic nitrogens is 2. The highest BCUT2D eigenvalue weighted by Crippen LogP contribution is 2.30. The van der Waals surface area contributed by atoms with Crippen molar-refractivity contribution in [3.05, 3.63) is 27.7 Å². The molecule has 3 rings (SSSR count). The first kappa shape index (κ1) is 13.1. The molecule has 0 spiro atoms. The fourth-order valence-corrected chi connectivity index (χ4v) is 4.68. The van der Waals surface area contributed by atoms with Crippen molar-refractivity contribution in [1.29, 1.82) is 0 Å². The lowest BCUT2D eigenvalue weighted by Gasteiger charge is -2.11. The number of H-pyrrole nitrogens is 1. The topological polar surface area (TPSA) is 54.9 Å². The van der Waals surface area contributed by atoms with Gasteiger partial charge in [-0.15, -0.1) is 0 Å². The molecule has 102 valence electrons. The lowest BCUT2D eigenvalue weighted by molar-refractivity contribution is 0.561. The van der Waals surface area contributed by atoms with Crippen LogP contribution >= 0.6 is 23.8 Å². The van der Waals surface area contributed by atoms with E-state index in [0.717, 1.165) is 0 Å². The maximum atomic E-state index is 13.6. The van der Waals surface area contributed by atoms with Crippen LogP contribution in [0.1, 0.15) is 12.5 Å². The van der Waals surface area contributed by atoms with E-state index >= 15 is 0 Å². The molecule has 0 amide bonds. The molecule has 0 saturated carbocycles. The van der Waals surface area contributed by atoms with Gasteiger partial charge in [-0.05, 0) is 24.7 Å². The van der Waals surface area contributed by atoms with E-state index < -0.39 is 15.7 Å². The molecule has 2 aromatic rings. The van der Waals surface area contributed by atoms with Crippen molar-refractivity contribution in [2.45, 2.75) is 12.5 Å². The van der Waals surface area contributed by atoms with Crippen LogP contribution in [0.4, 0.5) is 4.39 Å². The first-order chi connectivity index (χ1) is 8.87. The van der Waals surface area contributed by atoms with Crippen LogP contribution in [0.3, 0.4) is 0 Å². The second-order valence-corrected chi connectivity index (χ2v) is 7.66. The molecule has 1 aromatic carbocycles. The molecule has 19 heavy (non-hydrogen) atoms. The number of aromatic amines is 1. The number of rotatable bonds is 1. The lowest BCUT2D eigenvalue weighted by Crippen LogP contribution is -2.11. The first-order valence-corrected chi connectivity index (χ1v) is 8.28. The first-order valence-electron chi connectivity index (χ1n) is 5.67. The van der Waals surface area contributed by atoms with E-state index in [9.17, 15) is 12.8 Å². The van der Waals surface area contributed by atoms with Crippen molar-refractivity contribution in [3.8, 4) is 0 Å². The number of imidazole rings is 1. The molecule has 1 aromatic heterocycles. The van der Waals surface area contributed by atoms with Crippen LogP contribution in [-0.4, -0.2) is 29.5 Å². The normalized spacial score (nSPS) is 22.1. The summed E-state index contributed by atoms with van der Waals surface area (Å²) in [5.74, 6) is -0.362. The quantitative estimate of drug-likeness (QED) is 0.822. The molecule has 1 N–H and O–H groups in total. The van der Waals surface area contributed by atoms with E-state index in [1.54, 1.807) is 4.57 Å². The molecule has 2 heterocycles. The van der Waals surface area contributed by atoms with E-state index in [0.29, 0.717) is 22.2 Å². The predicted octanol–water partition coefficient (Wildman–Crippen LogP) is 2.85. The molecular formula is C11H10ClFN2O2S2. The third-order valence-corrected chi connectivity index (χ3v) is 5.67. The molecule has 8 heteroatoms. The molecule has 1 atom stereocenters. The second kappa shape index (κ2) is 4.29. The third-order valence-electron chi connectivity index (χ3n) is 3.33. The Morgan fingerprint density at radius 2 is 2.21 bits per heavy atom. The molecule has 1 aliphatic rings. The van der Waals surface area contributed by atoms with Crippen molar-refractivity contribution in [3.63, 3.8) is 0 Å². The van der Waals surface area contributed by atoms with Gasteiger partial charge in [-0.3, -0.25) is 0 Å². The van der Waals surface area contributed by atoms with Gasteiger partial charge >= 0.3 is 0 Å². The minimum atomic E-state index is -3.03. The summed E-state index contributed by atoms with van der Waals surface area (Å²) >= 11 is 10.9. The summed E-state index contributed by atoms with van der Waals surface area (Å²) in [5.41, 5.74) is 1.16. The smallest absolute Gasteiger partial charge is 0.178 e. The van der Waals surface area contributed by atoms with E-state index in [1.165, 1.54) is 12.1 Å². The second-order valence-electron chi connectivity index (χ2n) is 4.64. The highest BCUT2D eigenvalue weighted by Gasteiger charge is 2.30. The van der Waals surface area contributed by atoms with Crippen LogP contribution in [0.15, 0.2) is 12.1 Å². The van der Waals surface area contributed by atoms with Crippen LogP contribution in [0.5, 0.6) is 0 Å². The van der Waals surface area contributed by atoms with Gasteiger partial charge < -0.3 is 9.55 Å². The monoisotopic (exact) mass is 320 g/mol. The summed E-state index contributed by atoms with van der Waals surface area (Å²) in [7, 11) is -3.03. The Balaban J connectivity index is 2.22. The van der Waals surface area contributed by atoms with Crippen LogP contribution in [0, 0.1) is 10.6 Å². The maximum absolute atomic E-state index is 13.6. The number of halogens is 2. The zero-order valence-electron chi connectivity index (χ0n) is 9.69. The number of benzene rings is 1. The fraction of sp³-hybridized carbons (Fsp3) is 0.364. The third kappa shape index (κ3) is 2.19. The molecule has 0 radical (unpaired) electrons. The molecule has 0 aliphatic carbocycles. The fourth-order valence-electron chi connectivity index (χ4n) is 2.46. The molecule has 4 nitrogen and oxygen atoms in total. The lowest BCUT2D eigenvalue weighted by atomic mass is 10.2. The van der Waals surface area contributed by atoms with Crippen molar-refractivity contribution in [2.75, 3.05) is 11.5 Å². The Morgan fingerprint density at radius 1 is 1.47 bits per heavy atom. The molecule has 0 bridgehead atoms. The highest BCUT2D eigenvalue weighted by atomic mass is 35.5. The summed E-state index contributed by atoms with van der Waals surface area (Å²) in [5, 5.41) is 0.00921. The molecule has 1 saturated heterocycles. The Labute approximate surface area is 119 Å². The molecular weight excluding hydrogens is 311 g/mol. The average molecular weight is 321 g/mol. The van der Waals surface area contributed by atoms with Crippen LogP contribution in [0.2, 0.25) is 5.02 Å². The van der Waals surface area contributed by atoms with E-state index in [1.807, 2.05) is 0 Å². The minimum Gasteiger partial charge on any atom is -0.331 e. The van der Waals surface area contributed by atoms with Gasteiger partial charge in [0.05, 0.1) is 33.6 Å². The van der Waals surface area contributed by atoms with Gasteiger partial charge in [0.15, 0.2) is 14.6 Å². The Bertz CT molecular complexity index is 825. The maximum Gasteiger partial charge on any atom is 0.178 e. The predicted molar refractivity (Wildman–Crippen MR) is 74.4 cm³/mol. The van der Waals surface area contributed by atoms with Gasteiger partial charge in [-0.1, -0.05) is 11.6 Å². The number of fused-ring (bicyclic) bond motifs is 1. The number of hydrogen-bond donors (Lipinski definition) is 1. The Kier molecular flexibility index (Phi) is 2.95. The number of nitrogens with zero attached hydrogens (tertiary/aromatic N) is 1. The van der Waals surface area contributed by atoms with Crippen LogP contribution in [0.25, 0.3) is 11.0 Å². The van der Waals surface area contributed by atoms with Crippen molar-refractivity contribution in [2.24, 2.45) is 0 Å².